The molecule has 0 radical (unpaired) electrons. The van der Waals surface area contributed by atoms with Crippen LogP contribution in [0.1, 0.15) is 62.3 Å². The maximum atomic E-state index is 12.3. The Labute approximate surface area is 326 Å². The van der Waals surface area contributed by atoms with Gasteiger partial charge in [-0.15, -0.1) is 0 Å². The van der Waals surface area contributed by atoms with Gasteiger partial charge in [0.2, 0.25) is 0 Å². The first-order chi connectivity index (χ1) is 26.7. The van der Waals surface area contributed by atoms with Crippen LogP contribution in [0.4, 0.5) is 10.6 Å². The number of phosphoric ester groups is 1. The molecule has 5 unspecified atom stereocenters. The van der Waals surface area contributed by atoms with Gasteiger partial charge >= 0.3 is 11.8 Å². The highest BCUT2D eigenvalue weighted by Crippen LogP contribution is 2.66. The van der Waals surface area contributed by atoms with Crippen molar-refractivity contribution in [2.45, 2.75) is 62.9 Å². The molecule has 2 heterocycles. The predicted molar refractivity (Wildman–Crippen MR) is 193 cm³/mol. The van der Waals surface area contributed by atoms with Crippen LogP contribution in [-0.2, 0) is 45.4 Å². The molecule has 5 rings (SSSR count). The molecule has 1 amide bonds. The molecule has 0 bridgehead atoms. The summed E-state index contributed by atoms with van der Waals surface area (Å²) in [5.74, 6) is -2.14. The van der Waals surface area contributed by atoms with Crippen LogP contribution in [0, 0.1) is 0 Å². The van der Waals surface area contributed by atoms with E-state index in [1.165, 1.54) is 19.2 Å². The first-order valence-electron chi connectivity index (χ1n) is 17.4. The number of alkyl carbamates (subject to hydrolysis) is 1. The zero-order valence-corrected chi connectivity index (χ0v) is 33.9. The molecule has 1 aromatic heterocycles. The second-order valence-electron chi connectivity index (χ2n) is 13.4. The summed E-state index contributed by atoms with van der Waals surface area (Å²) in [5, 5.41) is 13.1. The number of unbranched alkanes of at least 4 members (excludes halogenated alkanes) is 3. The molecule has 2 aromatic carbocycles. The van der Waals surface area contributed by atoms with E-state index in [4.69, 9.17) is 15.2 Å². The summed E-state index contributed by atoms with van der Waals surface area (Å²) in [5.41, 5.74) is 7.10. The number of aliphatic hydroxyl groups is 1. The zero-order valence-electron chi connectivity index (χ0n) is 30.3. The number of hydrogen-bond acceptors (Lipinski definition) is 19. The molecule has 1 aliphatic carbocycles. The molecule has 1 saturated heterocycles. The normalized spacial score (nSPS) is 23.3. The fraction of sp³-hybridized carbons (Fsp3) is 0.469. The molecular formula is C32H40N4O17P4-4. The monoisotopic (exact) mass is 876 g/mol. The zero-order chi connectivity index (χ0) is 41.6. The summed E-state index contributed by atoms with van der Waals surface area (Å²) in [6, 6.07) is 17.1. The van der Waals surface area contributed by atoms with Crippen LogP contribution in [0.5, 0.6) is 0 Å². The molecule has 3 aromatic rings. The van der Waals surface area contributed by atoms with Gasteiger partial charge in [-0.05, 0) is 48.1 Å². The second kappa shape index (κ2) is 18.4. The number of ether oxygens (including phenoxy) is 2. The van der Waals surface area contributed by atoms with Crippen molar-refractivity contribution in [2.75, 3.05) is 38.0 Å². The number of carbonyl (C=O) groups is 1. The fourth-order valence-electron chi connectivity index (χ4n) is 6.25. The van der Waals surface area contributed by atoms with Crippen LogP contribution in [0.2, 0.25) is 0 Å². The lowest BCUT2D eigenvalue weighted by molar-refractivity contribution is -0.247. The topological polar surface area (TPSA) is 326 Å². The van der Waals surface area contributed by atoms with Gasteiger partial charge in [-0.1, -0.05) is 61.4 Å². The van der Waals surface area contributed by atoms with Gasteiger partial charge in [-0.3, -0.25) is 18.0 Å². The van der Waals surface area contributed by atoms with Gasteiger partial charge < -0.3 is 63.4 Å². The third-order valence-corrected chi connectivity index (χ3v) is 16.1. The fourth-order valence-corrected chi connectivity index (χ4v) is 12.5. The van der Waals surface area contributed by atoms with E-state index in [0.29, 0.717) is 19.3 Å². The van der Waals surface area contributed by atoms with Crippen LogP contribution in [-0.4, -0.2) is 64.7 Å². The summed E-state index contributed by atoms with van der Waals surface area (Å²) >= 11 is 0. The Kier molecular flexibility index (Phi) is 14.6. The molecule has 25 heteroatoms. The molecule has 57 heavy (non-hydrogen) atoms. The Morgan fingerprint density at radius 1 is 0.930 bits per heavy atom. The summed E-state index contributed by atoms with van der Waals surface area (Å²) in [7, 11) is -23.4. The minimum atomic E-state index is -6.33. The first kappa shape index (κ1) is 45.0. The van der Waals surface area contributed by atoms with Gasteiger partial charge in [0.05, 0.1) is 25.2 Å². The van der Waals surface area contributed by atoms with Crippen LogP contribution < -0.4 is 36.3 Å². The lowest BCUT2D eigenvalue weighted by Gasteiger charge is -2.37. The van der Waals surface area contributed by atoms with E-state index >= 15 is 0 Å². The van der Waals surface area contributed by atoms with Gasteiger partial charge in [-0.2, -0.15) is 4.98 Å². The largest absolute Gasteiger partial charge is 0.778 e. The van der Waals surface area contributed by atoms with Crippen molar-refractivity contribution in [1.82, 2.24) is 14.9 Å². The van der Waals surface area contributed by atoms with Crippen molar-refractivity contribution in [2.24, 2.45) is 0 Å². The summed E-state index contributed by atoms with van der Waals surface area (Å²) in [6.45, 7) is 0.0572. The quantitative estimate of drug-likeness (QED) is 0.108. The van der Waals surface area contributed by atoms with E-state index in [1.54, 1.807) is 0 Å². The second-order valence-corrected chi connectivity index (χ2v) is 20.6. The van der Waals surface area contributed by atoms with Gasteiger partial charge in [0, 0.05) is 25.1 Å². The number of hydrogen-bond donors (Lipinski definition) is 3. The average Bonchev–Trinajstić information content (AvgIpc) is 3.59. The Hall–Kier alpha value is -3.09. The highest BCUT2D eigenvalue weighted by molar-refractivity contribution is 7.73. The number of carbonyl (C=O) groups excluding carboxylic acids is 1. The Balaban J connectivity index is 0.965. The molecule has 1 fully saturated rings. The van der Waals surface area contributed by atoms with E-state index in [1.807, 2.05) is 48.5 Å². The first-order valence-corrected chi connectivity index (χ1v) is 23.8. The standard InChI is InChI=1S/C32H44N4O17P4/c1-32(27(37)18-29(51-32)36-16-14-28(33)35-30(36)38)20-50-56(44,45)53-57(46,47)52-55(42,43)21-54(40,41)49-17-9-3-2-8-15-34-31(39)48-19-26-24-12-6-4-10-22(24)23-11-5-7-13-25(23)26/h4-7,10-14,16,26-27,29,37H,2-3,8-9,15,17-21H2,1H3,(H,34,39)(H,40,41)(H,42,43)(H,44,45)(H,46,47)(H2,33,35,38)/p-4/t27?,29-,32-/m1/s1. The third kappa shape index (κ3) is 12.5. The van der Waals surface area contributed by atoms with E-state index in [9.17, 15) is 52.5 Å². The predicted octanol–water partition coefficient (Wildman–Crippen LogP) is 2.03. The number of anilines is 1. The molecule has 0 spiro atoms. The Morgan fingerprint density at radius 3 is 2.21 bits per heavy atom. The SMILES string of the molecule is C[C@]1(COP(=O)([O-])OP(=O)([O-])OP(=O)([O-])CP(=O)([O-])OCCCCCCNC(=O)OCC2c3ccccc3-c3ccccc32)O[C@@H](n2ccc(N)nc2=O)CC1O. The molecule has 0 saturated carbocycles. The molecule has 21 nitrogen and oxygen atoms in total. The number of aliphatic hydroxyl groups excluding tert-OH is 1. The van der Waals surface area contributed by atoms with E-state index in [0.717, 1.165) is 26.8 Å². The highest BCUT2D eigenvalue weighted by atomic mass is 31.3. The van der Waals surface area contributed by atoms with E-state index in [2.05, 4.69) is 28.0 Å². The van der Waals surface area contributed by atoms with Crippen molar-refractivity contribution in [3.8, 4) is 11.1 Å². The minimum absolute atomic E-state index is 0.0917. The number of nitrogens with one attached hydrogen (secondary N) is 1. The maximum absolute atomic E-state index is 12.3. The van der Waals surface area contributed by atoms with Crippen molar-refractivity contribution in [1.29, 1.82) is 0 Å². The molecule has 314 valence electrons. The Morgan fingerprint density at radius 2 is 1.56 bits per heavy atom. The highest BCUT2D eigenvalue weighted by Gasteiger charge is 2.46. The molecule has 7 atom stereocenters. The smallest absolute Gasteiger partial charge is 0.407 e. The number of nitrogen functional groups attached to an aromatic ring is 1. The van der Waals surface area contributed by atoms with E-state index in [-0.39, 0.29) is 37.7 Å². The van der Waals surface area contributed by atoms with Crippen molar-refractivity contribution in [3.05, 3.63) is 82.4 Å². The average molecular weight is 877 g/mol. The van der Waals surface area contributed by atoms with Gasteiger partial charge in [0.25, 0.3) is 15.6 Å². The molecule has 2 aliphatic rings. The van der Waals surface area contributed by atoms with Crippen LogP contribution in [0.25, 0.3) is 11.1 Å². The number of rotatable bonds is 20. The van der Waals surface area contributed by atoms with Crippen LogP contribution in [0.15, 0.2) is 65.6 Å². The number of aromatic nitrogens is 2. The van der Waals surface area contributed by atoms with Crippen LogP contribution in [0.3, 0.4) is 0 Å². The molecule has 1 aliphatic heterocycles. The molecular weight excluding hydrogens is 836 g/mol. The number of nitrogens with two attached hydrogens (primary N) is 1. The lowest BCUT2D eigenvalue weighted by atomic mass is 9.98. The van der Waals surface area contributed by atoms with Crippen LogP contribution >= 0.6 is 30.8 Å². The number of phosphoric acid groups is 2. The summed E-state index contributed by atoms with van der Waals surface area (Å²) in [6.07, 6.45) is -0.654. The van der Waals surface area contributed by atoms with Crippen molar-refractivity contribution < 1.29 is 74.9 Å². The van der Waals surface area contributed by atoms with Gasteiger partial charge in [-0.25, -0.2) is 13.9 Å². The maximum Gasteiger partial charge on any atom is 0.407 e. The summed E-state index contributed by atoms with van der Waals surface area (Å²) in [4.78, 5) is 76.9. The van der Waals surface area contributed by atoms with Crippen molar-refractivity contribution in [3.63, 3.8) is 0 Å². The number of benzene rings is 2. The summed E-state index contributed by atoms with van der Waals surface area (Å²) < 4.78 is 77.6. The van der Waals surface area contributed by atoms with E-state index < -0.39 is 79.7 Å². The number of nitrogens with zero attached hydrogens (tertiary/aromatic N) is 2. The van der Waals surface area contributed by atoms with Gasteiger partial charge in [0.1, 0.15) is 31.8 Å². The molecule has 4 N–H and O–H groups in total. The van der Waals surface area contributed by atoms with Crippen molar-refractivity contribution >= 4 is 42.7 Å². The van der Waals surface area contributed by atoms with Gasteiger partial charge in [0.15, 0.2) is 7.60 Å². The lowest BCUT2D eigenvalue weighted by Crippen LogP contribution is -2.41. The number of fused-ring (bicyclic) bond motifs is 3. The number of amides is 1. The minimum Gasteiger partial charge on any atom is -0.778 e. The Bertz CT molecular complexity index is 2130. The third-order valence-electron chi connectivity index (χ3n) is 8.95.